The van der Waals surface area contributed by atoms with Gasteiger partial charge in [-0.25, -0.2) is 0 Å². The van der Waals surface area contributed by atoms with Gasteiger partial charge in [-0.2, -0.15) is 0 Å². The fourth-order valence-electron chi connectivity index (χ4n) is 3.70. The lowest BCUT2D eigenvalue weighted by Crippen LogP contribution is -2.19. The highest BCUT2D eigenvalue weighted by Crippen LogP contribution is 2.40. The van der Waals surface area contributed by atoms with E-state index in [0.717, 1.165) is 35.3 Å². The zero-order chi connectivity index (χ0) is 19.8. The normalized spacial score (nSPS) is 15.9. The summed E-state index contributed by atoms with van der Waals surface area (Å²) in [5.41, 5.74) is 8.70. The highest BCUT2D eigenvalue weighted by molar-refractivity contribution is 7.17. The summed E-state index contributed by atoms with van der Waals surface area (Å²) >= 11 is 1.44. The lowest BCUT2D eigenvalue weighted by atomic mass is 9.88. The Kier molecular flexibility index (Phi) is 4.77. The van der Waals surface area contributed by atoms with Crippen molar-refractivity contribution in [1.29, 1.82) is 0 Å². The van der Waals surface area contributed by atoms with Crippen molar-refractivity contribution in [2.75, 3.05) is 5.32 Å². The fourth-order valence-corrected chi connectivity index (χ4v) is 5.11. The average molecular weight is 395 g/mol. The van der Waals surface area contributed by atoms with E-state index in [9.17, 15) is 9.59 Å². The van der Waals surface area contributed by atoms with Gasteiger partial charge in [0.2, 0.25) is 0 Å². The third kappa shape index (κ3) is 3.22. The third-order valence-electron chi connectivity index (χ3n) is 5.12. The molecule has 2 heterocycles. The van der Waals surface area contributed by atoms with Crippen molar-refractivity contribution in [2.24, 2.45) is 11.7 Å². The Morgan fingerprint density at radius 2 is 2.00 bits per heavy atom. The Bertz CT molecular complexity index is 1050. The number of primary amides is 1. The Hall–Kier alpha value is -2.93. The summed E-state index contributed by atoms with van der Waals surface area (Å²) < 4.78 is 5.28. The molecule has 0 aliphatic heterocycles. The monoisotopic (exact) mass is 395 g/mol. The molecule has 3 N–H and O–H groups in total. The van der Waals surface area contributed by atoms with Crippen LogP contribution in [-0.4, -0.2) is 17.0 Å². The molecule has 2 amide bonds. The van der Waals surface area contributed by atoms with Crippen LogP contribution in [0, 0.1) is 12.8 Å². The number of nitrogens with zero attached hydrogens (tertiary/aromatic N) is 1. The van der Waals surface area contributed by atoms with Gasteiger partial charge in [0.05, 0.1) is 5.56 Å². The first kappa shape index (κ1) is 18.4. The van der Waals surface area contributed by atoms with Crippen LogP contribution in [0.3, 0.4) is 0 Å². The smallest absolute Gasteiger partial charge is 0.262 e. The summed E-state index contributed by atoms with van der Waals surface area (Å²) in [6, 6.07) is 9.39. The summed E-state index contributed by atoms with van der Waals surface area (Å²) in [6.07, 6.45) is 2.72. The number of thiophene rings is 1. The Balaban J connectivity index is 1.71. The molecule has 2 aromatic heterocycles. The molecule has 0 saturated heterocycles. The van der Waals surface area contributed by atoms with Crippen molar-refractivity contribution in [2.45, 2.75) is 33.1 Å². The van der Waals surface area contributed by atoms with Crippen LogP contribution in [-0.2, 0) is 12.8 Å². The maximum atomic E-state index is 13.1. The van der Waals surface area contributed by atoms with Gasteiger partial charge in [0, 0.05) is 10.4 Å². The molecule has 28 heavy (non-hydrogen) atoms. The van der Waals surface area contributed by atoms with E-state index < -0.39 is 5.91 Å². The first-order valence-corrected chi connectivity index (χ1v) is 10.0. The zero-order valence-electron chi connectivity index (χ0n) is 15.7. The number of hydrogen-bond acceptors (Lipinski definition) is 5. The zero-order valence-corrected chi connectivity index (χ0v) is 16.6. The van der Waals surface area contributed by atoms with Crippen LogP contribution in [0.2, 0.25) is 0 Å². The van der Waals surface area contributed by atoms with Gasteiger partial charge in [0.15, 0.2) is 0 Å². The second kappa shape index (κ2) is 7.24. The van der Waals surface area contributed by atoms with Crippen molar-refractivity contribution in [3.8, 4) is 11.3 Å². The van der Waals surface area contributed by atoms with E-state index in [1.54, 1.807) is 6.92 Å². The van der Waals surface area contributed by atoms with Gasteiger partial charge in [-0.3, -0.25) is 9.59 Å². The van der Waals surface area contributed by atoms with Crippen LogP contribution in [0.4, 0.5) is 5.00 Å². The van der Waals surface area contributed by atoms with Crippen molar-refractivity contribution >= 4 is 28.2 Å². The number of fused-ring (bicyclic) bond motifs is 1. The maximum Gasteiger partial charge on any atom is 0.262 e. The van der Waals surface area contributed by atoms with Crippen LogP contribution < -0.4 is 11.1 Å². The molecule has 144 valence electrons. The van der Waals surface area contributed by atoms with Crippen LogP contribution in [0.15, 0.2) is 34.9 Å². The van der Waals surface area contributed by atoms with E-state index in [-0.39, 0.29) is 5.91 Å². The quantitative estimate of drug-likeness (QED) is 0.692. The second-order valence-corrected chi connectivity index (χ2v) is 8.31. The minimum Gasteiger partial charge on any atom is -0.365 e. The number of carbonyl (C=O) groups is 2. The molecule has 1 atom stereocenters. The van der Waals surface area contributed by atoms with Gasteiger partial charge in [0.1, 0.15) is 22.0 Å². The van der Waals surface area contributed by atoms with E-state index in [0.29, 0.717) is 33.5 Å². The number of amides is 2. The van der Waals surface area contributed by atoms with Crippen LogP contribution in [0.5, 0.6) is 0 Å². The number of benzene rings is 1. The number of rotatable bonds is 4. The number of anilines is 1. The molecule has 6 nitrogen and oxygen atoms in total. The molecule has 7 heteroatoms. The lowest BCUT2D eigenvalue weighted by molar-refractivity contribution is 0.1000. The minimum absolute atomic E-state index is 0.355. The van der Waals surface area contributed by atoms with Gasteiger partial charge in [-0.05, 0) is 37.7 Å². The average Bonchev–Trinajstić information content (AvgIpc) is 3.22. The van der Waals surface area contributed by atoms with E-state index >= 15 is 0 Å². The molecule has 1 aliphatic carbocycles. The molecule has 0 spiro atoms. The van der Waals surface area contributed by atoms with Crippen LogP contribution in [0.25, 0.3) is 11.3 Å². The summed E-state index contributed by atoms with van der Waals surface area (Å²) in [6.45, 7) is 3.89. The lowest BCUT2D eigenvalue weighted by Gasteiger charge is -2.18. The van der Waals surface area contributed by atoms with Crippen molar-refractivity contribution in [3.05, 3.63) is 57.7 Å². The summed E-state index contributed by atoms with van der Waals surface area (Å²) in [7, 11) is 0. The Morgan fingerprint density at radius 1 is 1.25 bits per heavy atom. The molecule has 0 fully saturated rings. The largest absolute Gasteiger partial charge is 0.365 e. The van der Waals surface area contributed by atoms with Gasteiger partial charge in [-0.15, -0.1) is 11.3 Å². The number of nitrogens with one attached hydrogen (secondary N) is 1. The maximum absolute atomic E-state index is 13.1. The second-order valence-electron chi connectivity index (χ2n) is 7.20. The van der Waals surface area contributed by atoms with Crippen LogP contribution in [0.1, 0.15) is 50.3 Å². The highest BCUT2D eigenvalue weighted by atomic mass is 32.1. The predicted molar refractivity (Wildman–Crippen MR) is 109 cm³/mol. The molecule has 3 aromatic rings. The van der Waals surface area contributed by atoms with E-state index in [2.05, 4.69) is 17.4 Å². The molecule has 0 saturated carbocycles. The van der Waals surface area contributed by atoms with Gasteiger partial charge in [0.25, 0.3) is 11.8 Å². The standard InChI is InChI=1S/C21H21N3O3S/c1-11-8-9-14-15(10-11)28-21(17(14)19(22)25)23-20(26)16-12(2)27-24-18(16)13-6-4-3-5-7-13/h3-7,11H,8-10H2,1-2H3,(H2,22,25)(H,23,26). The molecular formula is C21H21N3O3S. The Morgan fingerprint density at radius 3 is 2.71 bits per heavy atom. The first-order chi connectivity index (χ1) is 13.5. The predicted octanol–water partition coefficient (Wildman–Crippen LogP) is 4.19. The number of carbonyl (C=O) groups excluding carboxylic acids is 2. The fraction of sp³-hybridized carbons (Fsp3) is 0.286. The summed E-state index contributed by atoms with van der Waals surface area (Å²) in [4.78, 5) is 26.3. The number of hydrogen-bond donors (Lipinski definition) is 2. The van der Waals surface area contributed by atoms with Crippen molar-refractivity contribution < 1.29 is 14.1 Å². The number of aromatic nitrogens is 1. The van der Waals surface area contributed by atoms with E-state index in [1.807, 2.05) is 30.3 Å². The molecule has 4 rings (SSSR count). The minimum atomic E-state index is -0.507. The topological polar surface area (TPSA) is 98.2 Å². The van der Waals surface area contributed by atoms with Gasteiger partial charge in [-0.1, -0.05) is 42.4 Å². The van der Waals surface area contributed by atoms with Crippen LogP contribution >= 0.6 is 11.3 Å². The highest BCUT2D eigenvalue weighted by Gasteiger charge is 2.29. The molecule has 0 bridgehead atoms. The number of nitrogens with two attached hydrogens (primary N) is 1. The Labute approximate surface area is 166 Å². The third-order valence-corrected chi connectivity index (χ3v) is 6.29. The summed E-state index contributed by atoms with van der Waals surface area (Å²) in [5, 5.41) is 7.46. The molecule has 0 radical (unpaired) electrons. The molecule has 1 aromatic carbocycles. The molecule has 1 aliphatic rings. The van der Waals surface area contributed by atoms with Gasteiger partial charge < -0.3 is 15.6 Å². The first-order valence-electron chi connectivity index (χ1n) is 9.23. The summed E-state index contributed by atoms with van der Waals surface area (Å²) in [5.74, 6) is 0.117. The van der Waals surface area contributed by atoms with Crippen molar-refractivity contribution in [1.82, 2.24) is 5.16 Å². The molecular weight excluding hydrogens is 374 g/mol. The SMILES string of the molecule is Cc1onc(-c2ccccc2)c1C(=O)Nc1sc2c(c1C(N)=O)CCC(C)C2. The molecule has 1 unspecified atom stereocenters. The van der Waals surface area contributed by atoms with E-state index in [1.165, 1.54) is 11.3 Å². The van der Waals surface area contributed by atoms with Crippen molar-refractivity contribution in [3.63, 3.8) is 0 Å². The van der Waals surface area contributed by atoms with Gasteiger partial charge >= 0.3 is 0 Å². The van der Waals surface area contributed by atoms with E-state index in [4.69, 9.17) is 10.3 Å². The number of aryl methyl sites for hydroxylation is 1.